The number of carbonyl (C=O) groups is 3. The number of carbonyl (C=O) groups excluding carboxylic acids is 3. The Morgan fingerprint density at radius 1 is 1.03 bits per heavy atom. The second-order valence-corrected chi connectivity index (χ2v) is 11.8. The molecule has 1 aliphatic carbocycles. The van der Waals surface area contributed by atoms with Crippen molar-refractivity contribution in [3.8, 4) is 0 Å². The van der Waals surface area contributed by atoms with Crippen molar-refractivity contribution in [2.45, 2.75) is 83.8 Å². The van der Waals surface area contributed by atoms with Crippen LogP contribution in [0, 0.1) is 11.8 Å². The molecule has 1 saturated carbocycles. The number of nitrogens with one attached hydrogen (secondary N) is 1. The molecule has 0 unspecified atom stereocenters. The van der Waals surface area contributed by atoms with Crippen LogP contribution in [0.5, 0.6) is 0 Å². The fraction of sp³-hybridized carbons (Fsp3) is 0.690. The molecule has 1 saturated heterocycles. The number of hydrogen-bond donors (Lipinski definition) is 2. The third kappa shape index (κ3) is 8.54. The number of ether oxygens (including phenoxy) is 1. The van der Waals surface area contributed by atoms with E-state index in [2.05, 4.69) is 10.2 Å². The second kappa shape index (κ2) is 12.9. The van der Waals surface area contributed by atoms with Crippen LogP contribution in [0.4, 0.5) is 5.69 Å². The summed E-state index contributed by atoms with van der Waals surface area (Å²) in [6, 6.07) is 7.04. The average molecular weight is 515 g/mol. The van der Waals surface area contributed by atoms with Crippen molar-refractivity contribution < 1.29 is 19.1 Å². The first-order valence-corrected chi connectivity index (χ1v) is 13.8. The zero-order chi connectivity index (χ0) is 27.2. The van der Waals surface area contributed by atoms with Crippen molar-refractivity contribution in [1.82, 2.24) is 9.80 Å². The standard InChI is InChI=1S/C29H46N4O4/c1-20(21-11-13-23(14-12-21)31-27(35)26(30)22-9-7-6-8-10-22)24(19-25(34)37-29(2,3)4)28(36)33-17-15-32(5)16-18-33/h11-14,20,22,24,26H,6-10,15-19,30H2,1-5H3,(H,31,35)/t20-,24+,26-/m0/s1. The summed E-state index contributed by atoms with van der Waals surface area (Å²) in [5.41, 5.74) is 7.27. The SMILES string of the molecule is C[C@@H](c1ccc(NC(=O)[C@@H](N)C2CCCCC2)cc1)[C@@H](CC(=O)OC(C)(C)C)C(=O)N1CCN(C)CC1. The van der Waals surface area contributed by atoms with Gasteiger partial charge in [-0.05, 0) is 70.2 Å². The molecule has 206 valence electrons. The van der Waals surface area contributed by atoms with Crippen molar-refractivity contribution in [2.75, 3.05) is 38.5 Å². The smallest absolute Gasteiger partial charge is 0.307 e. The number of amides is 2. The quantitative estimate of drug-likeness (QED) is 0.512. The number of likely N-dealkylation sites (N-methyl/N-ethyl adjacent to an activating group) is 1. The van der Waals surface area contributed by atoms with E-state index < -0.39 is 17.6 Å². The summed E-state index contributed by atoms with van der Waals surface area (Å²) in [4.78, 5) is 43.1. The van der Waals surface area contributed by atoms with Crippen LogP contribution >= 0.6 is 0 Å². The number of benzene rings is 1. The van der Waals surface area contributed by atoms with E-state index in [4.69, 9.17) is 10.5 Å². The number of nitrogens with two attached hydrogens (primary N) is 1. The van der Waals surface area contributed by atoms with Crippen molar-refractivity contribution >= 4 is 23.5 Å². The Labute approximate surface area is 222 Å². The van der Waals surface area contributed by atoms with E-state index in [-0.39, 0.29) is 36.0 Å². The Morgan fingerprint density at radius 2 is 1.62 bits per heavy atom. The van der Waals surface area contributed by atoms with Crippen molar-refractivity contribution in [3.05, 3.63) is 29.8 Å². The monoisotopic (exact) mass is 514 g/mol. The van der Waals surface area contributed by atoms with Crippen LogP contribution < -0.4 is 11.1 Å². The number of rotatable bonds is 8. The van der Waals surface area contributed by atoms with E-state index in [1.165, 1.54) is 6.42 Å². The Hall–Kier alpha value is -2.45. The molecule has 3 rings (SSSR count). The van der Waals surface area contributed by atoms with Gasteiger partial charge in [-0.15, -0.1) is 0 Å². The van der Waals surface area contributed by atoms with Gasteiger partial charge in [-0.25, -0.2) is 0 Å². The van der Waals surface area contributed by atoms with Gasteiger partial charge in [-0.3, -0.25) is 14.4 Å². The number of esters is 1. The highest BCUT2D eigenvalue weighted by Crippen LogP contribution is 2.31. The minimum atomic E-state index is -0.611. The van der Waals surface area contributed by atoms with Gasteiger partial charge < -0.3 is 25.6 Å². The molecule has 3 N–H and O–H groups in total. The van der Waals surface area contributed by atoms with Gasteiger partial charge in [0.15, 0.2) is 0 Å². The first-order valence-electron chi connectivity index (χ1n) is 13.8. The van der Waals surface area contributed by atoms with Gasteiger partial charge in [0.25, 0.3) is 0 Å². The lowest BCUT2D eigenvalue weighted by Gasteiger charge is -2.36. The molecule has 0 bridgehead atoms. The van der Waals surface area contributed by atoms with Gasteiger partial charge in [0.2, 0.25) is 11.8 Å². The Bertz CT molecular complexity index is 913. The Kier molecular flexibility index (Phi) is 10.1. The summed E-state index contributed by atoms with van der Waals surface area (Å²) in [5, 5.41) is 2.95. The Morgan fingerprint density at radius 3 is 2.19 bits per heavy atom. The highest BCUT2D eigenvalue weighted by atomic mass is 16.6. The number of nitrogens with zero attached hydrogens (tertiary/aromatic N) is 2. The summed E-state index contributed by atoms with van der Waals surface area (Å²) < 4.78 is 5.57. The van der Waals surface area contributed by atoms with Crippen LogP contribution in [0.25, 0.3) is 0 Å². The number of anilines is 1. The summed E-state index contributed by atoms with van der Waals surface area (Å²) in [7, 11) is 2.05. The molecule has 1 heterocycles. The van der Waals surface area contributed by atoms with Crippen molar-refractivity contribution in [3.63, 3.8) is 0 Å². The van der Waals surface area contributed by atoms with E-state index in [0.717, 1.165) is 44.3 Å². The molecule has 37 heavy (non-hydrogen) atoms. The molecule has 3 atom stereocenters. The Balaban J connectivity index is 1.70. The van der Waals surface area contributed by atoms with Gasteiger partial charge in [0, 0.05) is 31.9 Å². The first kappa shape index (κ1) is 29.1. The van der Waals surface area contributed by atoms with Gasteiger partial charge in [0.05, 0.1) is 18.4 Å². The van der Waals surface area contributed by atoms with Crippen LogP contribution in [-0.2, 0) is 19.1 Å². The molecule has 0 radical (unpaired) electrons. The molecule has 1 aromatic carbocycles. The largest absolute Gasteiger partial charge is 0.460 e. The molecule has 8 nitrogen and oxygen atoms in total. The van der Waals surface area contributed by atoms with E-state index in [0.29, 0.717) is 18.8 Å². The van der Waals surface area contributed by atoms with Gasteiger partial charge in [-0.2, -0.15) is 0 Å². The summed E-state index contributed by atoms with van der Waals surface area (Å²) in [6.07, 6.45) is 5.52. The topological polar surface area (TPSA) is 105 Å². The third-order valence-electron chi connectivity index (χ3n) is 7.71. The highest BCUT2D eigenvalue weighted by Gasteiger charge is 2.34. The maximum atomic E-state index is 13.6. The number of hydrogen-bond acceptors (Lipinski definition) is 6. The van der Waals surface area contributed by atoms with Gasteiger partial charge in [0.1, 0.15) is 5.60 Å². The van der Waals surface area contributed by atoms with Crippen LogP contribution in [0.2, 0.25) is 0 Å². The van der Waals surface area contributed by atoms with Crippen molar-refractivity contribution in [2.24, 2.45) is 17.6 Å². The van der Waals surface area contributed by atoms with Crippen LogP contribution in [0.3, 0.4) is 0 Å². The molecule has 8 heteroatoms. The predicted molar refractivity (Wildman–Crippen MR) is 146 cm³/mol. The summed E-state index contributed by atoms with van der Waals surface area (Å²) in [5.74, 6) is -1.02. The third-order valence-corrected chi connectivity index (χ3v) is 7.71. The zero-order valence-electron chi connectivity index (χ0n) is 23.3. The number of piperazine rings is 1. The fourth-order valence-corrected chi connectivity index (χ4v) is 5.34. The van der Waals surface area contributed by atoms with Crippen molar-refractivity contribution in [1.29, 1.82) is 0 Å². The maximum Gasteiger partial charge on any atom is 0.307 e. The molecular formula is C29H46N4O4. The predicted octanol–water partition coefficient (Wildman–Crippen LogP) is 3.76. The molecule has 1 aliphatic heterocycles. The molecular weight excluding hydrogens is 468 g/mol. The van der Waals surface area contributed by atoms with E-state index in [1.807, 2.05) is 63.9 Å². The average Bonchev–Trinajstić information content (AvgIpc) is 2.86. The minimum absolute atomic E-state index is 0.0118. The molecule has 0 aromatic heterocycles. The van der Waals surface area contributed by atoms with E-state index in [1.54, 1.807) is 0 Å². The fourth-order valence-electron chi connectivity index (χ4n) is 5.34. The molecule has 1 aromatic rings. The van der Waals surface area contributed by atoms with Gasteiger partial charge in [-0.1, -0.05) is 38.3 Å². The normalized spacial score (nSPS) is 20.1. The first-order chi connectivity index (χ1) is 17.4. The second-order valence-electron chi connectivity index (χ2n) is 11.8. The van der Waals surface area contributed by atoms with E-state index >= 15 is 0 Å². The summed E-state index contributed by atoms with van der Waals surface area (Å²) in [6.45, 7) is 10.4. The van der Waals surface area contributed by atoms with Crippen LogP contribution in [0.1, 0.15) is 77.7 Å². The van der Waals surface area contributed by atoms with Gasteiger partial charge >= 0.3 is 5.97 Å². The summed E-state index contributed by atoms with van der Waals surface area (Å²) >= 11 is 0. The zero-order valence-corrected chi connectivity index (χ0v) is 23.3. The molecule has 2 amide bonds. The van der Waals surface area contributed by atoms with Crippen LogP contribution in [0.15, 0.2) is 24.3 Å². The lowest BCUT2D eigenvalue weighted by Crippen LogP contribution is -2.50. The lowest BCUT2D eigenvalue weighted by atomic mass is 9.83. The maximum absolute atomic E-state index is 13.6. The molecule has 2 aliphatic rings. The highest BCUT2D eigenvalue weighted by molar-refractivity contribution is 5.95. The minimum Gasteiger partial charge on any atom is -0.460 e. The lowest BCUT2D eigenvalue weighted by molar-refractivity contribution is -0.159. The molecule has 2 fully saturated rings. The van der Waals surface area contributed by atoms with Crippen LogP contribution in [-0.4, -0.2) is 72.5 Å². The molecule has 0 spiro atoms. The van der Waals surface area contributed by atoms with E-state index in [9.17, 15) is 14.4 Å².